The predicted octanol–water partition coefficient (Wildman–Crippen LogP) is 2.70. The number of benzene rings is 1. The lowest BCUT2D eigenvalue weighted by Crippen LogP contribution is -2.29. The van der Waals surface area contributed by atoms with Gasteiger partial charge in [-0.25, -0.2) is 4.39 Å². The third-order valence-corrected chi connectivity index (χ3v) is 2.01. The quantitative estimate of drug-likeness (QED) is 0.812. The second-order valence-electron chi connectivity index (χ2n) is 3.65. The van der Waals surface area contributed by atoms with Crippen LogP contribution >= 0.6 is 12.4 Å². The Morgan fingerprint density at radius 1 is 1.27 bits per heavy atom. The topological polar surface area (TPSA) is 35.2 Å². The van der Waals surface area contributed by atoms with Crippen LogP contribution in [-0.4, -0.2) is 6.23 Å². The van der Waals surface area contributed by atoms with Crippen molar-refractivity contribution in [3.63, 3.8) is 0 Å². The minimum absolute atomic E-state index is 0. The molecule has 0 aliphatic carbocycles. The first-order valence-electron chi connectivity index (χ1n) is 4.71. The molecule has 0 saturated carbocycles. The highest BCUT2D eigenvalue weighted by atomic mass is 35.5. The summed E-state index contributed by atoms with van der Waals surface area (Å²) in [6.07, 6.45) is -0.264. The first kappa shape index (κ1) is 14.4. The van der Waals surface area contributed by atoms with E-state index in [1.165, 1.54) is 12.1 Å². The Balaban J connectivity index is 0.00000196. The minimum Gasteiger partial charge on any atom is -0.359 e. The summed E-state index contributed by atoms with van der Waals surface area (Å²) in [5.74, 6) is 0.0531. The minimum atomic E-state index is -0.264. The Hall–Kier alpha value is -0.640. The van der Waals surface area contributed by atoms with E-state index in [1.54, 1.807) is 12.1 Å². The average Bonchev–Trinajstić information content (AvgIpc) is 2.16. The lowest BCUT2D eigenvalue weighted by molar-refractivity contribution is 0.0151. The summed E-state index contributed by atoms with van der Waals surface area (Å²) < 4.78 is 17.9. The summed E-state index contributed by atoms with van der Waals surface area (Å²) in [4.78, 5) is 0. The van der Waals surface area contributed by atoms with E-state index in [9.17, 15) is 4.39 Å². The molecule has 0 saturated heterocycles. The standard InChI is InChI=1S/C11H16FNO.ClH/c1-8(2)11(13)14-7-9-3-5-10(12)6-4-9;/h3-6,8,11H,7,13H2,1-2H3;1H. The van der Waals surface area contributed by atoms with Gasteiger partial charge in [-0.05, 0) is 23.6 Å². The van der Waals surface area contributed by atoms with Crippen molar-refractivity contribution in [3.05, 3.63) is 35.6 Å². The van der Waals surface area contributed by atoms with E-state index in [2.05, 4.69) is 0 Å². The number of hydrogen-bond donors (Lipinski definition) is 1. The zero-order chi connectivity index (χ0) is 10.6. The molecule has 1 aromatic rings. The Bertz CT molecular complexity index is 276. The summed E-state index contributed by atoms with van der Waals surface area (Å²) in [5.41, 5.74) is 6.63. The molecule has 0 aromatic heterocycles. The number of rotatable bonds is 4. The first-order valence-corrected chi connectivity index (χ1v) is 4.71. The fourth-order valence-electron chi connectivity index (χ4n) is 0.966. The maximum Gasteiger partial charge on any atom is 0.123 e. The van der Waals surface area contributed by atoms with Gasteiger partial charge < -0.3 is 10.5 Å². The summed E-state index contributed by atoms with van der Waals surface area (Å²) in [6, 6.07) is 6.23. The van der Waals surface area contributed by atoms with Gasteiger partial charge in [-0.3, -0.25) is 0 Å². The molecule has 2 nitrogen and oxygen atoms in total. The summed E-state index contributed by atoms with van der Waals surface area (Å²) >= 11 is 0. The zero-order valence-corrected chi connectivity index (χ0v) is 9.76. The molecule has 86 valence electrons. The Morgan fingerprint density at radius 3 is 2.27 bits per heavy atom. The van der Waals surface area contributed by atoms with Crippen molar-refractivity contribution in [1.82, 2.24) is 0 Å². The van der Waals surface area contributed by atoms with Gasteiger partial charge in [0.1, 0.15) is 12.0 Å². The van der Waals surface area contributed by atoms with Gasteiger partial charge in [0.2, 0.25) is 0 Å². The fourth-order valence-corrected chi connectivity index (χ4v) is 0.966. The molecule has 0 aliphatic rings. The van der Waals surface area contributed by atoms with Crippen LogP contribution in [0.1, 0.15) is 19.4 Å². The van der Waals surface area contributed by atoms with Crippen LogP contribution in [0.3, 0.4) is 0 Å². The van der Waals surface area contributed by atoms with Crippen LogP contribution < -0.4 is 5.73 Å². The number of halogens is 2. The Morgan fingerprint density at radius 2 is 1.80 bits per heavy atom. The highest BCUT2D eigenvalue weighted by molar-refractivity contribution is 5.85. The molecule has 1 unspecified atom stereocenters. The van der Waals surface area contributed by atoms with E-state index in [0.717, 1.165) is 5.56 Å². The SMILES string of the molecule is CC(C)C(N)OCc1ccc(F)cc1.Cl. The molecule has 4 heteroatoms. The van der Waals surface area contributed by atoms with Crippen molar-refractivity contribution in [2.45, 2.75) is 26.7 Å². The molecule has 0 fully saturated rings. The van der Waals surface area contributed by atoms with Crippen LogP contribution in [0.4, 0.5) is 4.39 Å². The normalized spacial score (nSPS) is 12.3. The number of nitrogens with two attached hydrogens (primary N) is 1. The van der Waals surface area contributed by atoms with Crippen LogP contribution in [0.15, 0.2) is 24.3 Å². The van der Waals surface area contributed by atoms with Gasteiger partial charge in [-0.1, -0.05) is 26.0 Å². The highest BCUT2D eigenvalue weighted by Crippen LogP contribution is 2.07. The smallest absolute Gasteiger partial charge is 0.123 e. The molecule has 0 bridgehead atoms. The molecule has 0 spiro atoms. The van der Waals surface area contributed by atoms with Crippen LogP contribution in [0.2, 0.25) is 0 Å². The predicted molar refractivity (Wildman–Crippen MR) is 61.3 cm³/mol. The van der Waals surface area contributed by atoms with Crippen molar-refractivity contribution in [3.8, 4) is 0 Å². The zero-order valence-electron chi connectivity index (χ0n) is 8.94. The van der Waals surface area contributed by atoms with Gasteiger partial charge in [0.05, 0.1) is 6.61 Å². The lowest BCUT2D eigenvalue weighted by Gasteiger charge is -2.16. The van der Waals surface area contributed by atoms with E-state index < -0.39 is 0 Å². The van der Waals surface area contributed by atoms with Gasteiger partial charge >= 0.3 is 0 Å². The van der Waals surface area contributed by atoms with Crippen molar-refractivity contribution < 1.29 is 9.13 Å². The third kappa shape index (κ3) is 5.11. The Kier molecular flexibility index (Phi) is 6.48. The largest absolute Gasteiger partial charge is 0.359 e. The van der Waals surface area contributed by atoms with Crippen molar-refractivity contribution in [2.75, 3.05) is 0 Å². The van der Waals surface area contributed by atoms with Gasteiger partial charge in [0.15, 0.2) is 0 Å². The van der Waals surface area contributed by atoms with Crippen LogP contribution in [0, 0.1) is 11.7 Å². The first-order chi connectivity index (χ1) is 6.59. The molecule has 1 aromatic carbocycles. The molecule has 1 atom stereocenters. The molecule has 15 heavy (non-hydrogen) atoms. The average molecular weight is 234 g/mol. The number of ether oxygens (including phenoxy) is 1. The summed E-state index contributed by atoms with van der Waals surface area (Å²) in [6.45, 7) is 4.42. The van der Waals surface area contributed by atoms with E-state index in [1.807, 2.05) is 13.8 Å². The van der Waals surface area contributed by atoms with Crippen LogP contribution in [0.5, 0.6) is 0 Å². The lowest BCUT2D eigenvalue weighted by atomic mass is 10.2. The van der Waals surface area contributed by atoms with Gasteiger partial charge in [0.25, 0.3) is 0 Å². The molecule has 2 N–H and O–H groups in total. The van der Waals surface area contributed by atoms with E-state index in [0.29, 0.717) is 6.61 Å². The number of hydrogen-bond acceptors (Lipinski definition) is 2. The molecule has 0 radical (unpaired) electrons. The van der Waals surface area contributed by atoms with Gasteiger partial charge in [-0.2, -0.15) is 0 Å². The second kappa shape index (κ2) is 6.77. The monoisotopic (exact) mass is 233 g/mol. The molecular formula is C11H17ClFNO. The second-order valence-corrected chi connectivity index (χ2v) is 3.65. The fraction of sp³-hybridized carbons (Fsp3) is 0.455. The Labute approximate surface area is 96.0 Å². The van der Waals surface area contributed by atoms with E-state index in [-0.39, 0.29) is 30.4 Å². The summed E-state index contributed by atoms with van der Waals surface area (Å²) in [5, 5.41) is 0. The van der Waals surface area contributed by atoms with Crippen LogP contribution in [0.25, 0.3) is 0 Å². The maximum atomic E-state index is 12.5. The van der Waals surface area contributed by atoms with Crippen molar-refractivity contribution >= 4 is 12.4 Å². The summed E-state index contributed by atoms with van der Waals surface area (Å²) in [7, 11) is 0. The van der Waals surface area contributed by atoms with Gasteiger partial charge in [-0.15, -0.1) is 12.4 Å². The maximum absolute atomic E-state index is 12.5. The van der Waals surface area contributed by atoms with E-state index in [4.69, 9.17) is 10.5 Å². The molecule has 0 heterocycles. The molecule has 1 rings (SSSR count). The molecule has 0 amide bonds. The van der Waals surface area contributed by atoms with Crippen molar-refractivity contribution in [1.29, 1.82) is 0 Å². The highest BCUT2D eigenvalue weighted by Gasteiger charge is 2.07. The molecular weight excluding hydrogens is 217 g/mol. The van der Waals surface area contributed by atoms with Crippen LogP contribution in [-0.2, 0) is 11.3 Å². The molecule has 0 aliphatic heterocycles. The third-order valence-electron chi connectivity index (χ3n) is 2.01. The van der Waals surface area contributed by atoms with Gasteiger partial charge in [0, 0.05) is 0 Å². The van der Waals surface area contributed by atoms with Crippen molar-refractivity contribution in [2.24, 2.45) is 11.7 Å². The van der Waals surface area contributed by atoms with E-state index >= 15 is 0 Å².